The second-order valence-electron chi connectivity index (χ2n) is 6.42. The molecular weight excluding hydrogens is 284 g/mol. The highest BCUT2D eigenvalue weighted by Crippen LogP contribution is 2.45. The van der Waals surface area contributed by atoms with E-state index in [0.717, 1.165) is 34.7 Å². The van der Waals surface area contributed by atoms with Crippen LogP contribution in [0.1, 0.15) is 18.4 Å². The van der Waals surface area contributed by atoms with E-state index in [9.17, 15) is 0 Å². The van der Waals surface area contributed by atoms with Crippen LogP contribution in [0.15, 0.2) is 57.4 Å². The van der Waals surface area contributed by atoms with Gasteiger partial charge in [-0.3, -0.25) is 0 Å². The minimum absolute atomic E-state index is 0.756. The third-order valence-corrected chi connectivity index (χ3v) is 4.68. The summed E-state index contributed by atoms with van der Waals surface area (Å²) in [6.07, 6.45) is 0.756. The number of allylic oxidation sites excluding steroid dienone is 1. The lowest BCUT2D eigenvalue weighted by atomic mass is 9.94. The number of hydrogen-bond donors (Lipinski definition) is 0. The van der Waals surface area contributed by atoms with Gasteiger partial charge in [-0.2, -0.15) is 0 Å². The van der Waals surface area contributed by atoms with Crippen LogP contribution in [-0.4, -0.2) is 0 Å². The number of fused-ring (bicyclic) bond motifs is 2. The fourth-order valence-corrected chi connectivity index (χ4v) is 3.89. The third-order valence-electron chi connectivity index (χ3n) is 4.68. The monoisotopic (exact) mass is 300 g/mol. The summed E-state index contributed by atoms with van der Waals surface area (Å²) in [6, 6.07) is 12.5. The molecule has 0 aliphatic heterocycles. The van der Waals surface area contributed by atoms with Gasteiger partial charge in [-0.1, -0.05) is 36.4 Å². The standard InChI is InChI=1S/C21H16O2/c1-11(2)10-17-21-14-7-5-8-15-19(14)18(12(3)22-15)13-6-4-9-16(23-17)20(13)21/h4-9H,1,10H2,2-3H3. The topological polar surface area (TPSA) is 26.3 Å². The lowest BCUT2D eigenvalue weighted by molar-refractivity contribution is 0.566. The van der Waals surface area contributed by atoms with E-state index in [1.165, 1.54) is 32.3 Å². The summed E-state index contributed by atoms with van der Waals surface area (Å²) >= 11 is 0. The third kappa shape index (κ3) is 1.53. The van der Waals surface area contributed by atoms with Gasteiger partial charge in [0.15, 0.2) is 0 Å². The molecule has 0 amide bonds. The SMILES string of the molecule is C=C(C)Cc1oc2cccc3c4c(C)oc5cccc(c1c23)c54. The molecule has 2 aromatic heterocycles. The van der Waals surface area contributed by atoms with Crippen molar-refractivity contribution in [2.45, 2.75) is 20.3 Å². The van der Waals surface area contributed by atoms with Crippen molar-refractivity contribution >= 4 is 43.5 Å². The predicted molar refractivity (Wildman–Crippen MR) is 95.4 cm³/mol. The molecule has 0 fully saturated rings. The maximum atomic E-state index is 6.20. The molecule has 0 spiro atoms. The van der Waals surface area contributed by atoms with E-state index < -0.39 is 0 Å². The van der Waals surface area contributed by atoms with Crippen LogP contribution in [0.2, 0.25) is 0 Å². The van der Waals surface area contributed by atoms with E-state index in [1.807, 2.05) is 26.0 Å². The Hall–Kier alpha value is -2.74. The first-order valence-electron chi connectivity index (χ1n) is 7.87. The number of aryl methyl sites for hydroxylation is 1. The fraction of sp³-hybridized carbons (Fsp3) is 0.143. The molecule has 0 aliphatic rings. The molecule has 23 heavy (non-hydrogen) atoms. The highest BCUT2D eigenvalue weighted by molar-refractivity contribution is 6.33. The van der Waals surface area contributed by atoms with Gasteiger partial charge in [-0.15, -0.1) is 0 Å². The first-order valence-corrected chi connectivity index (χ1v) is 7.87. The molecule has 0 saturated carbocycles. The Morgan fingerprint density at radius 1 is 0.870 bits per heavy atom. The Kier molecular flexibility index (Phi) is 2.31. The van der Waals surface area contributed by atoms with E-state index >= 15 is 0 Å². The molecule has 2 nitrogen and oxygen atoms in total. The molecule has 0 aliphatic carbocycles. The van der Waals surface area contributed by atoms with Gasteiger partial charge in [0.05, 0.1) is 0 Å². The summed E-state index contributed by atoms with van der Waals surface area (Å²) in [5.41, 5.74) is 2.99. The molecule has 5 rings (SSSR count). The van der Waals surface area contributed by atoms with Crippen LogP contribution in [0.4, 0.5) is 0 Å². The van der Waals surface area contributed by atoms with Crippen LogP contribution in [0, 0.1) is 6.92 Å². The van der Waals surface area contributed by atoms with Crippen molar-refractivity contribution in [2.24, 2.45) is 0 Å². The van der Waals surface area contributed by atoms with Crippen molar-refractivity contribution in [2.75, 3.05) is 0 Å². The van der Waals surface area contributed by atoms with Crippen LogP contribution >= 0.6 is 0 Å². The minimum atomic E-state index is 0.756. The van der Waals surface area contributed by atoms with Crippen molar-refractivity contribution < 1.29 is 8.83 Å². The van der Waals surface area contributed by atoms with Crippen molar-refractivity contribution in [3.8, 4) is 0 Å². The van der Waals surface area contributed by atoms with Gasteiger partial charge in [-0.05, 0) is 36.8 Å². The maximum absolute atomic E-state index is 6.20. The van der Waals surface area contributed by atoms with Crippen LogP contribution in [-0.2, 0) is 6.42 Å². The molecule has 0 radical (unpaired) electrons. The van der Waals surface area contributed by atoms with Crippen molar-refractivity contribution in [3.05, 3.63) is 60.1 Å². The predicted octanol–water partition coefficient (Wildman–Crippen LogP) is 6.35. The van der Waals surface area contributed by atoms with E-state index in [2.05, 4.69) is 30.8 Å². The van der Waals surface area contributed by atoms with Gasteiger partial charge in [0.25, 0.3) is 0 Å². The summed E-state index contributed by atoms with van der Waals surface area (Å²) in [5, 5.41) is 7.24. The van der Waals surface area contributed by atoms with Gasteiger partial charge in [0, 0.05) is 28.0 Å². The molecule has 0 unspecified atom stereocenters. The molecule has 2 heteroatoms. The van der Waals surface area contributed by atoms with Crippen molar-refractivity contribution in [3.63, 3.8) is 0 Å². The summed E-state index contributed by atoms with van der Waals surface area (Å²) < 4.78 is 12.2. The Balaban J connectivity index is 2.16. The van der Waals surface area contributed by atoms with E-state index in [0.29, 0.717) is 0 Å². The zero-order chi connectivity index (χ0) is 15.7. The summed E-state index contributed by atoms with van der Waals surface area (Å²) in [4.78, 5) is 0. The quantitative estimate of drug-likeness (QED) is 0.280. The van der Waals surface area contributed by atoms with Gasteiger partial charge in [0.2, 0.25) is 0 Å². The molecule has 2 heterocycles. The van der Waals surface area contributed by atoms with Crippen LogP contribution in [0.5, 0.6) is 0 Å². The minimum Gasteiger partial charge on any atom is -0.461 e. The zero-order valence-electron chi connectivity index (χ0n) is 13.2. The smallest absolute Gasteiger partial charge is 0.135 e. The summed E-state index contributed by atoms with van der Waals surface area (Å²) in [6.45, 7) is 8.13. The second kappa shape index (κ2) is 4.17. The first kappa shape index (κ1) is 12.8. The van der Waals surface area contributed by atoms with Crippen molar-refractivity contribution in [1.82, 2.24) is 0 Å². The van der Waals surface area contributed by atoms with Gasteiger partial charge in [0.1, 0.15) is 22.7 Å². The molecule has 0 bridgehead atoms. The van der Waals surface area contributed by atoms with E-state index in [4.69, 9.17) is 8.83 Å². The summed E-state index contributed by atoms with van der Waals surface area (Å²) in [5.74, 6) is 1.96. The second-order valence-corrected chi connectivity index (χ2v) is 6.42. The molecule has 5 aromatic rings. The average Bonchev–Trinajstić information content (AvgIpc) is 3.03. The Bertz CT molecular complexity index is 1220. The molecule has 0 saturated heterocycles. The largest absolute Gasteiger partial charge is 0.461 e. The van der Waals surface area contributed by atoms with Gasteiger partial charge < -0.3 is 8.83 Å². The lowest BCUT2D eigenvalue weighted by Gasteiger charge is -2.05. The first-order chi connectivity index (χ1) is 11.1. The van der Waals surface area contributed by atoms with E-state index in [1.54, 1.807) is 0 Å². The number of rotatable bonds is 2. The average molecular weight is 300 g/mol. The Morgan fingerprint density at radius 3 is 2.17 bits per heavy atom. The normalized spacial score (nSPS) is 12.3. The highest BCUT2D eigenvalue weighted by Gasteiger charge is 2.22. The number of benzene rings is 3. The van der Waals surface area contributed by atoms with Crippen LogP contribution in [0.3, 0.4) is 0 Å². The Labute approximate surface area is 133 Å². The molecule has 112 valence electrons. The zero-order valence-corrected chi connectivity index (χ0v) is 13.2. The number of hydrogen-bond acceptors (Lipinski definition) is 2. The van der Waals surface area contributed by atoms with Crippen LogP contribution in [0.25, 0.3) is 43.5 Å². The fourth-order valence-electron chi connectivity index (χ4n) is 3.89. The van der Waals surface area contributed by atoms with Gasteiger partial charge in [-0.25, -0.2) is 0 Å². The molecule has 0 N–H and O–H groups in total. The summed E-state index contributed by atoms with van der Waals surface area (Å²) in [7, 11) is 0. The Morgan fingerprint density at radius 2 is 1.48 bits per heavy atom. The van der Waals surface area contributed by atoms with Crippen molar-refractivity contribution in [1.29, 1.82) is 0 Å². The molecular formula is C21H16O2. The highest BCUT2D eigenvalue weighted by atomic mass is 16.3. The molecule has 0 atom stereocenters. The van der Waals surface area contributed by atoms with Gasteiger partial charge >= 0.3 is 0 Å². The lowest BCUT2D eigenvalue weighted by Crippen LogP contribution is -1.85. The molecule has 3 aromatic carbocycles. The van der Waals surface area contributed by atoms with E-state index in [-0.39, 0.29) is 0 Å². The number of furan rings is 2. The van der Waals surface area contributed by atoms with Crippen LogP contribution < -0.4 is 0 Å². The maximum Gasteiger partial charge on any atom is 0.135 e.